The Morgan fingerprint density at radius 1 is 1.11 bits per heavy atom. The summed E-state index contributed by atoms with van der Waals surface area (Å²) >= 11 is 0. The lowest BCUT2D eigenvalue weighted by atomic mass is 9.87. The van der Waals surface area contributed by atoms with Crippen molar-refractivity contribution in [3.63, 3.8) is 0 Å². The summed E-state index contributed by atoms with van der Waals surface area (Å²) in [6.45, 7) is 13.2. The Labute approximate surface area is 118 Å². The van der Waals surface area contributed by atoms with Gasteiger partial charge in [0.15, 0.2) is 0 Å². The summed E-state index contributed by atoms with van der Waals surface area (Å²) in [6, 6.07) is 8.40. The second-order valence-corrected chi connectivity index (χ2v) is 11.8. The molecule has 1 aromatic carbocycles. The van der Waals surface area contributed by atoms with E-state index in [2.05, 4.69) is 81.6 Å². The first-order valence-electron chi connectivity index (χ1n) is 6.55. The molecule has 3 heteroatoms. The molecule has 0 unspecified atom stereocenters. The number of hydrazone groups is 1. The van der Waals surface area contributed by atoms with Gasteiger partial charge in [-0.1, -0.05) is 58.5 Å². The highest BCUT2D eigenvalue weighted by Gasteiger charge is 2.19. The molecular weight excluding hydrogens is 248 g/mol. The molecule has 0 aromatic heterocycles. The third kappa shape index (κ3) is 4.57. The van der Waals surface area contributed by atoms with Crippen LogP contribution in [0.1, 0.15) is 31.9 Å². The predicted molar refractivity (Wildman–Crippen MR) is 87.0 cm³/mol. The molecule has 0 bridgehead atoms. The summed E-state index contributed by atoms with van der Waals surface area (Å²) in [5, 5.41) is 4.69. The van der Waals surface area contributed by atoms with Crippen molar-refractivity contribution >= 4 is 13.4 Å². The molecule has 0 fully saturated rings. The molecule has 0 heterocycles. The van der Waals surface area contributed by atoms with Crippen LogP contribution in [0.25, 0.3) is 0 Å². The first-order chi connectivity index (χ1) is 8.64. The van der Waals surface area contributed by atoms with Gasteiger partial charge in [0.1, 0.15) is 8.07 Å². The van der Waals surface area contributed by atoms with Crippen LogP contribution in [0.4, 0.5) is 0 Å². The standard InChI is InChI=1S/C16H24N2Si/c1-16(2,3)14-10-7-13(8-11-14)9-12-15(18-17)19(4,5)6/h7-8,10-11H,17H2,1-6H3/b18-15-. The summed E-state index contributed by atoms with van der Waals surface area (Å²) in [7, 11) is -1.53. The van der Waals surface area contributed by atoms with Crippen molar-refractivity contribution in [3.05, 3.63) is 35.4 Å². The van der Waals surface area contributed by atoms with Crippen LogP contribution in [0.5, 0.6) is 0 Å². The maximum Gasteiger partial charge on any atom is 0.115 e. The number of rotatable bonds is 1. The third-order valence-electron chi connectivity index (χ3n) is 2.92. The zero-order chi connectivity index (χ0) is 14.7. The van der Waals surface area contributed by atoms with E-state index in [-0.39, 0.29) is 5.41 Å². The van der Waals surface area contributed by atoms with Crippen LogP contribution >= 0.6 is 0 Å². The van der Waals surface area contributed by atoms with Crippen LogP contribution in [-0.2, 0) is 5.41 Å². The molecule has 1 aromatic rings. The van der Waals surface area contributed by atoms with E-state index >= 15 is 0 Å². The molecule has 1 rings (SSSR count). The van der Waals surface area contributed by atoms with E-state index < -0.39 is 8.07 Å². The molecule has 0 aliphatic rings. The molecule has 102 valence electrons. The summed E-state index contributed by atoms with van der Waals surface area (Å²) in [5.41, 5.74) is 2.50. The normalized spacial score (nSPS) is 12.8. The largest absolute Gasteiger partial charge is 0.323 e. The summed E-state index contributed by atoms with van der Waals surface area (Å²) < 4.78 is 0. The summed E-state index contributed by atoms with van der Waals surface area (Å²) in [4.78, 5) is 0. The van der Waals surface area contributed by atoms with Crippen molar-refractivity contribution in [2.45, 2.75) is 45.8 Å². The van der Waals surface area contributed by atoms with Crippen LogP contribution in [0.15, 0.2) is 29.4 Å². The zero-order valence-corrected chi connectivity index (χ0v) is 13.8. The van der Waals surface area contributed by atoms with Crippen LogP contribution in [0, 0.1) is 11.8 Å². The molecule has 2 N–H and O–H groups in total. The van der Waals surface area contributed by atoms with Crippen LogP contribution in [0.3, 0.4) is 0 Å². The number of hydrogen-bond donors (Lipinski definition) is 1. The molecule has 0 aliphatic heterocycles. The molecule has 0 amide bonds. The lowest BCUT2D eigenvalue weighted by Gasteiger charge is -2.18. The van der Waals surface area contributed by atoms with Gasteiger partial charge >= 0.3 is 0 Å². The molecule has 0 spiro atoms. The van der Waals surface area contributed by atoms with E-state index in [0.29, 0.717) is 0 Å². The Morgan fingerprint density at radius 2 is 1.63 bits per heavy atom. The lowest BCUT2D eigenvalue weighted by Crippen LogP contribution is -2.33. The van der Waals surface area contributed by atoms with Crippen molar-refractivity contribution in [2.24, 2.45) is 10.9 Å². The van der Waals surface area contributed by atoms with Gasteiger partial charge in [-0.05, 0) is 29.0 Å². The van der Waals surface area contributed by atoms with E-state index in [9.17, 15) is 0 Å². The predicted octanol–water partition coefficient (Wildman–Crippen LogP) is 3.53. The topological polar surface area (TPSA) is 38.4 Å². The lowest BCUT2D eigenvalue weighted by molar-refractivity contribution is 0.590. The number of nitrogens with zero attached hydrogens (tertiary/aromatic N) is 1. The van der Waals surface area contributed by atoms with Gasteiger partial charge in [0, 0.05) is 5.56 Å². The molecule has 0 radical (unpaired) electrons. The van der Waals surface area contributed by atoms with Crippen molar-refractivity contribution in [1.29, 1.82) is 0 Å². The van der Waals surface area contributed by atoms with Gasteiger partial charge in [-0.3, -0.25) is 0 Å². The van der Waals surface area contributed by atoms with Crippen molar-refractivity contribution in [2.75, 3.05) is 0 Å². The zero-order valence-electron chi connectivity index (χ0n) is 12.8. The molecule has 0 saturated carbocycles. The Kier molecular flexibility index (Phi) is 4.59. The fraction of sp³-hybridized carbons (Fsp3) is 0.438. The van der Waals surface area contributed by atoms with E-state index in [1.165, 1.54) is 5.56 Å². The van der Waals surface area contributed by atoms with Gasteiger partial charge in [-0.15, -0.1) is 0 Å². The number of hydrogen-bond acceptors (Lipinski definition) is 2. The van der Waals surface area contributed by atoms with E-state index in [1.54, 1.807) is 0 Å². The average Bonchev–Trinajstić information content (AvgIpc) is 2.27. The summed E-state index contributed by atoms with van der Waals surface area (Å²) in [5.74, 6) is 11.7. The quantitative estimate of drug-likeness (QED) is 0.274. The average molecular weight is 272 g/mol. The summed E-state index contributed by atoms with van der Waals surface area (Å²) in [6.07, 6.45) is 0. The Morgan fingerprint density at radius 3 is 2.00 bits per heavy atom. The van der Waals surface area contributed by atoms with Gasteiger partial charge in [0.2, 0.25) is 0 Å². The van der Waals surface area contributed by atoms with Crippen molar-refractivity contribution < 1.29 is 0 Å². The fourth-order valence-corrected chi connectivity index (χ4v) is 2.42. The smallest absolute Gasteiger partial charge is 0.115 e. The Bertz CT molecular complexity index is 517. The highest BCUT2D eigenvalue weighted by Crippen LogP contribution is 2.21. The second-order valence-electron chi connectivity index (χ2n) is 6.81. The first-order valence-corrected chi connectivity index (χ1v) is 10.1. The van der Waals surface area contributed by atoms with E-state index in [4.69, 9.17) is 5.84 Å². The van der Waals surface area contributed by atoms with Crippen LogP contribution < -0.4 is 5.84 Å². The molecule has 2 nitrogen and oxygen atoms in total. The molecule has 0 atom stereocenters. The van der Waals surface area contributed by atoms with Gasteiger partial charge < -0.3 is 5.84 Å². The Balaban J connectivity index is 2.97. The van der Waals surface area contributed by atoms with Crippen LogP contribution in [0.2, 0.25) is 19.6 Å². The monoisotopic (exact) mass is 272 g/mol. The highest BCUT2D eigenvalue weighted by atomic mass is 28.3. The van der Waals surface area contributed by atoms with Gasteiger partial charge in [0.25, 0.3) is 0 Å². The number of nitrogens with two attached hydrogens (primary N) is 1. The minimum absolute atomic E-state index is 0.175. The second kappa shape index (κ2) is 5.62. The fourth-order valence-electron chi connectivity index (χ4n) is 1.60. The maximum atomic E-state index is 5.42. The maximum absolute atomic E-state index is 5.42. The van der Waals surface area contributed by atoms with Crippen molar-refractivity contribution in [1.82, 2.24) is 0 Å². The SMILES string of the molecule is CC(C)(C)c1ccc(C#C/C(=N/N)[Si](C)(C)C)cc1. The van der Waals surface area contributed by atoms with E-state index in [1.807, 2.05) is 0 Å². The molecular formula is C16H24N2Si. The van der Waals surface area contributed by atoms with E-state index in [0.717, 1.165) is 10.9 Å². The van der Waals surface area contributed by atoms with Gasteiger partial charge in [-0.2, -0.15) is 5.10 Å². The Hall–Kier alpha value is -1.53. The third-order valence-corrected chi connectivity index (χ3v) is 4.59. The highest BCUT2D eigenvalue weighted by molar-refractivity contribution is 7.06. The minimum atomic E-state index is -1.53. The van der Waals surface area contributed by atoms with Gasteiger partial charge in [0.05, 0.1) is 5.33 Å². The number of benzene rings is 1. The first kappa shape index (κ1) is 15.5. The minimum Gasteiger partial charge on any atom is -0.323 e. The molecule has 19 heavy (non-hydrogen) atoms. The van der Waals surface area contributed by atoms with Crippen molar-refractivity contribution in [3.8, 4) is 11.8 Å². The molecule has 0 saturated heterocycles. The van der Waals surface area contributed by atoms with Crippen LogP contribution in [-0.4, -0.2) is 13.4 Å². The molecule has 0 aliphatic carbocycles. The van der Waals surface area contributed by atoms with Gasteiger partial charge in [-0.25, -0.2) is 0 Å².